The van der Waals surface area contributed by atoms with Crippen LogP contribution in [0.25, 0.3) is 10.8 Å². The van der Waals surface area contributed by atoms with E-state index in [0.29, 0.717) is 5.39 Å². The lowest BCUT2D eigenvalue weighted by Gasteiger charge is -2.18. The van der Waals surface area contributed by atoms with Crippen molar-refractivity contribution in [3.05, 3.63) is 39.7 Å². The van der Waals surface area contributed by atoms with Gasteiger partial charge in [0.1, 0.15) is 11.3 Å². The Kier molecular flexibility index (Phi) is 3.39. The molecule has 0 saturated heterocycles. The van der Waals surface area contributed by atoms with Crippen LogP contribution in [0.2, 0.25) is 0 Å². The van der Waals surface area contributed by atoms with Gasteiger partial charge in [-0.2, -0.15) is 5.26 Å². The van der Waals surface area contributed by atoms with Crippen LogP contribution < -0.4 is 0 Å². The molecule has 2 rings (SSSR count). The van der Waals surface area contributed by atoms with E-state index in [-0.39, 0.29) is 22.3 Å². The first kappa shape index (κ1) is 14.5. The van der Waals surface area contributed by atoms with E-state index < -0.39 is 16.5 Å². The molecule has 2 aromatic rings. The average Bonchev–Trinajstić information content (AvgIpc) is 2.78. The summed E-state index contributed by atoms with van der Waals surface area (Å²) in [4.78, 5) is 25.4. The van der Waals surface area contributed by atoms with Crippen LogP contribution in [0, 0.1) is 21.4 Å². The number of aromatic nitrogens is 1. The number of nitro benzene ring substituents is 1. The number of nitro groups is 1. The summed E-state index contributed by atoms with van der Waals surface area (Å²) < 4.78 is 5.22. The minimum Gasteiger partial charge on any atom is -0.455 e. The number of nitrogens with one attached hydrogen (secondary N) is 1. The van der Waals surface area contributed by atoms with E-state index in [4.69, 9.17) is 10.00 Å². The fourth-order valence-corrected chi connectivity index (χ4v) is 1.96. The van der Waals surface area contributed by atoms with Crippen LogP contribution in [-0.2, 0) is 4.74 Å². The molecule has 7 heteroatoms. The molecule has 0 aliphatic heterocycles. The van der Waals surface area contributed by atoms with Crippen molar-refractivity contribution in [1.29, 1.82) is 5.26 Å². The van der Waals surface area contributed by atoms with E-state index in [2.05, 4.69) is 4.98 Å². The smallest absolute Gasteiger partial charge is 0.356 e. The van der Waals surface area contributed by atoms with Gasteiger partial charge in [0.15, 0.2) is 0 Å². The summed E-state index contributed by atoms with van der Waals surface area (Å²) in [6, 6.07) is 4.48. The van der Waals surface area contributed by atoms with Crippen molar-refractivity contribution in [3.63, 3.8) is 0 Å². The highest BCUT2D eigenvalue weighted by Gasteiger charge is 2.26. The Hall–Kier alpha value is -2.88. The third-order valence-corrected chi connectivity index (χ3v) is 2.70. The highest BCUT2D eigenvalue weighted by molar-refractivity contribution is 6.08. The van der Waals surface area contributed by atoms with Crippen molar-refractivity contribution in [3.8, 4) is 6.07 Å². The molecular formula is C14H13N3O4. The number of hydrogen-bond donors (Lipinski definition) is 1. The van der Waals surface area contributed by atoms with E-state index in [1.165, 1.54) is 12.3 Å². The molecule has 108 valence electrons. The number of carbonyl (C=O) groups excluding carboxylic acids is 1. The Balaban J connectivity index is 2.65. The van der Waals surface area contributed by atoms with Crippen LogP contribution in [0.5, 0.6) is 0 Å². The third kappa shape index (κ3) is 2.84. The summed E-state index contributed by atoms with van der Waals surface area (Å²) >= 11 is 0. The van der Waals surface area contributed by atoms with Gasteiger partial charge < -0.3 is 9.72 Å². The van der Waals surface area contributed by atoms with Crippen molar-refractivity contribution in [2.45, 2.75) is 26.4 Å². The Morgan fingerprint density at radius 3 is 2.62 bits per heavy atom. The van der Waals surface area contributed by atoms with Gasteiger partial charge in [-0.1, -0.05) is 0 Å². The maximum atomic E-state index is 12.1. The summed E-state index contributed by atoms with van der Waals surface area (Å²) in [5, 5.41) is 20.6. The van der Waals surface area contributed by atoms with Crippen LogP contribution in [0.15, 0.2) is 18.3 Å². The zero-order valence-corrected chi connectivity index (χ0v) is 11.8. The number of non-ortho nitro benzene ring substituents is 1. The normalized spacial score (nSPS) is 11.1. The number of ether oxygens (including phenoxy) is 1. The molecule has 0 saturated carbocycles. The minimum absolute atomic E-state index is 0.0103. The molecular weight excluding hydrogens is 274 g/mol. The molecule has 21 heavy (non-hydrogen) atoms. The van der Waals surface area contributed by atoms with E-state index in [1.54, 1.807) is 20.8 Å². The average molecular weight is 287 g/mol. The second-order valence-electron chi connectivity index (χ2n) is 5.49. The molecule has 1 aromatic carbocycles. The van der Waals surface area contributed by atoms with Crippen molar-refractivity contribution in [2.24, 2.45) is 0 Å². The van der Waals surface area contributed by atoms with Gasteiger partial charge in [-0.05, 0) is 26.8 Å². The van der Waals surface area contributed by atoms with Crippen LogP contribution >= 0.6 is 0 Å². The van der Waals surface area contributed by atoms with Crippen molar-refractivity contribution < 1.29 is 14.5 Å². The summed E-state index contributed by atoms with van der Waals surface area (Å²) in [6.45, 7) is 5.12. The van der Waals surface area contributed by atoms with Gasteiger partial charge in [0, 0.05) is 17.6 Å². The molecule has 0 atom stereocenters. The van der Waals surface area contributed by atoms with E-state index in [1.807, 2.05) is 6.07 Å². The lowest BCUT2D eigenvalue weighted by Crippen LogP contribution is -2.24. The molecule has 0 unspecified atom stereocenters. The number of H-pyrrole nitrogens is 1. The Labute approximate surface area is 120 Å². The molecule has 0 amide bonds. The highest BCUT2D eigenvalue weighted by atomic mass is 16.6. The van der Waals surface area contributed by atoms with Gasteiger partial charge >= 0.3 is 5.97 Å². The SMILES string of the molecule is CC(C)(C)OC(=O)c1[nH]cc2cc(C#N)cc([N+](=O)[O-])c12. The molecule has 0 aliphatic rings. The predicted octanol–water partition coefficient (Wildman–Crippen LogP) is 2.90. The number of aromatic amines is 1. The van der Waals surface area contributed by atoms with Crippen molar-refractivity contribution >= 4 is 22.4 Å². The maximum absolute atomic E-state index is 12.1. The first-order chi connectivity index (χ1) is 9.73. The minimum atomic E-state index is -0.712. The number of benzene rings is 1. The Bertz CT molecular complexity index is 778. The topological polar surface area (TPSA) is 109 Å². The van der Waals surface area contributed by atoms with Crippen LogP contribution in [-0.4, -0.2) is 21.5 Å². The van der Waals surface area contributed by atoms with E-state index in [9.17, 15) is 14.9 Å². The zero-order valence-electron chi connectivity index (χ0n) is 11.8. The number of nitriles is 1. The van der Waals surface area contributed by atoms with Crippen LogP contribution in [0.4, 0.5) is 5.69 Å². The number of fused-ring (bicyclic) bond motifs is 1. The number of carbonyl (C=O) groups is 1. The zero-order chi connectivity index (χ0) is 15.8. The Morgan fingerprint density at radius 2 is 2.10 bits per heavy atom. The maximum Gasteiger partial charge on any atom is 0.356 e. The largest absolute Gasteiger partial charge is 0.455 e. The lowest BCUT2D eigenvalue weighted by molar-refractivity contribution is -0.383. The van der Waals surface area contributed by atoms with Crippen molar-refractivity contribution in [1.82, 2.24) is 4.98 Å². The summed E-state index contributed by atoms with van der Waals surface area (Å²) in [5.41, 5.74) is -0.846. The van der Waals surface area contributed by atoms with E-state index in [0.717, 1.165) is 6.07 Å². The second-order valence-corrected chi connectivity index (χ2v) is 5.49. The summed E-state index contributed by atoms with van der Waals surface area (Å²) in [7, 11) is 0. The first-order valence-corrected chi connectivity index (χ1v) is 6.16. The van der Waals surface area contributed by atoms with Gasteiger partial charge in [0.05, 0.1) is 21.9 Å². The fourth-order valence-electron chi connectivity index (χ4n) is 1.96. The molecule has 0 fully saturated rings. The monoisotopic (exact) mass is 287 g/mol. The predicted molar refractivity (Wildman–Crippen MR) is 74.8 cm³/mol. The highest BCUT2D eigenvalue weighted by Crippen LogP contribution is 2.31. The first-order valence-electron chi connectivity index (χ1n) is 6.16. The Morgan fingerprint density at radius 1 is 1.43 bits per heavy atom. The quantitative estimate of drug-likeness (QED) is 0.519. The lowest BCUT2D eigenvalue weighted by atomic mass is 10.1. The molecule has 0 spiro atoms. The molecule has 1 heterocycles. The number of rotatable bonds is 2. The van der Waals surface area contributed by atoms with Gasteiger partial charge in [0.2, 0.25) is 0 Å². The van der Waals surface area contributed by atoms with E-state index >= 15 is 0 Å². The number of nitrogens with zero attached hydrogens (tertiary/aromatic N) is 2. The third-order valence-electron chi connectivity index (χ3n) is 2.70. The van der Waals surface area contributed by atoms with Crippen LogP contribution in [0.3, 0.4) is 0 Å². The van der Waals surface area contributed by atoms with Gasteiger partial charge in [-0.3, -0.25) is 10.1 Å². The summed E-state index contributed by atoms with van der Waals surface area (Å²) in [6.07, 6.45) is 1.45. The fraction of sp³-hybridized carbons (Fsp3) is 0.286. The van der Waals surface area contributed by atoms with Gasteiger partial charge in [0.25, 0.3) is 5.69 Å². The van der Waals surface area contributed by atoms with Crippen molar-refractivity contribution in [2.75, 3.05) is 0 Å². The molecule has 0 aliphatic carbocycles. The number of esters is 1. The van der Waals surface area contributed by atoms with Crippen LogP contribution in [0.1, 0.15) is 36.8 Å². The molecule has 1 aromatic heterocycles. The standard InChI is InChI=1S/C14H13N3O4/c1-14(2,3)21-13(18)12-11-9(7-16-12)4-8(6-15)5-10(11)17(19)20/h4-5,7,16H,1-3H3. The molecule has 7 nitrogen and oxygen atoms in total. The van der Waals surface area contributed by atoms with Gasteiger partial charge in [-0.25, -0.2) is 4.79 Å². The molecule has 1 N–H and O–H groups in total. The summed E-state index contributed by atoms with van der Waals surface area (Å²) in [5.74, 6) is -0.676. The van der Waals surface area contributed by atoms with Gasteiger partial charge in [-0.15, -0.1) is 0 Å². The molecule has 0 bridgehead atoms. The number of hydrogen-bond acceptors (Lipinski definition) is 5. The second kappa shape index (κ2) is 4.90. The molecule has 0 radical (unpaired) electrons.